The minimum atomic E-state index is 0.363. The van der Waals surface area contributed by atoms with Gasteiger partial charge in [-0.3, -0.25) is 0 Å². The van der Waals surface area contributed by atoms with E-state index in [1.807, 2.05) is 18.2 Å². The van der Waals surface area contributed by atoms with Crippen LogP contribution in [0.2, 0.25) is 0 Å². The van der Waals surface area contributed by atoms with Crippen molar-refractivity contribution in [2.45, 2.75) is 32.6 Å². The third-order valence-corrected chi connectivity index (χ3v) is 5.35. The zero-order valence-electron chi connectivity index (χ0n) is 11.9. The third-order valence-electron chi connectivity index (χ3n) is 5.35. The molecule has 2 unspecified atom stereocenters. The topological polar surface area (TPSA) is 51.8 Å². The van der Waals surface area contributed by atoms with Crippen LogP contribution in [0.15, 0.2) is 30.3 Å². The van der Waals surface area contributed by atoms with E-state index in [4.69, 9.17) is 5.73 Å². The Labute approximate surface area is 119 Å². The van der Waals surface area contributed by atoms with Gasteiger partial charge in [-0.25, -0.2) is 9.97 Å². The zero-order valence-corrected chi connectivity index (χ0v) is 11.9. The average molecular weight is 265 g/mol. The monoisotopic (exact) mass is 265 g/mol. The number of rotatable bonds is 1. The van der Waals surface area contributed by atoms with Gasteiger partial charge in [0.2, 0.25) is 5.95 Å². The Morgan fingerprint density at radius 2 is 1.90 bits per heavy atom. The van der Waals surface area contributed by atoms with Crippen molar-refractivity contribution in [3.8, 4) is 11.3 Å². The number of hydrogen-bond donors (Lipinski definition) is 1. The van der Waals surface area contributed by atoms with Crippen molar-refractivity contribution in [3.05, 3.63) is 41.6 Å². The van der Waals surface area contributed by atoms with E-state index in [0.29, 0.717) is 17.3 Å². The van der Waals surface area contributed by atoms with Crippen molar-refractivity contribution in [1.82, 2.24) is 9.97 Å². The predicted octanol–water partition coefficient (Wildman–Crippen LogP) is 3.41. The fourth-order valence-corrected chi connectivity index (χ4v) is 3.92. The molecule has 2 atom stereocenters. The van der Waals surface area contributed by atoms with E-state index in [1.165, 1.54) is 17.7 Å². The van der Waals surface area contributed by atoms with Gasteiger partial charge in [-0.1, -0.05) is 44.2 Å². The first kappa shape index (κ1) is 11.9. The molecule has 2 N–H and O–H groups in total. The van der Waals surface area contributed by atoms with Crippen molar-refractivity contribution in [2.24, 2.45) is 11.3 Å². The van der Waals surface area contributed by atoms with Crippen LogP contribution >= 0.6 is 0 Å². The molecular formula is C17H19N3. The molecule has 0 spiro atoms. The summed E-state index contributed by atoms with van der Waals surface area (Å²) < 4.78 is 0. The fraction of sp³-hybridized carbons (Fsp3) is 0.412. The second kappa shape index (κ2) is 3.81. The smallest absolute Gasteiger partial charge is 0.220 e. The Kier molecular flexibility index (Phi) is 2.27. The summed E-state index contributed by atoms with van der Waals surface area (Å²) >= 11 is 0. The van der Waals surface area contributed by atoms with Crippen LogP contribution in [0.25, 0.3) is 11.3 Å². The van der Waals surface area contributed by atoms with Gasteiger partial charge >= 0.3 is 0 Å². The van der Waals surface area contributed by atoms with Crippen molar-refractivity contribution < 1.29 is 0 Å². The Morgan fingerprint density at radius 1 is 1.15 bits per heavy atom. The molecule has 20 heavy (non-hydrogen) atoms. The van der Waals surface area contributed by atoms with Gasteiger partial charge in [0.25, 0.3) is 0 Å². The zero-order chi connectivity index (χ0) is 13.9. The lowest BCUT2D eigenvalue weighted by molar-refractivity contribution is 0.0156. The molecule has 0 aliphatic heterocycles. The first-order chi connectivity index (χ1) is 9.57. The van der Waals surface area contributed by atoms with E-state index < -0.39 is 0 Å². The van der Waals surface area contributed by atoms with E-state index in [2.05, 4.69) is 35.9 Å². The highest BCUT2D eigenvalue weighted by Gasteiger charge is 2.54. The highest BCUT2D eigenvalue weighted by Crippen LogP contribution is 2.62. The van der Waals surface area contributed by atoms with Crippen LogP contribution in [0.1, 0.15) is 37.4 Å². The number of benzene rings is 1. The summed E-state index contributed by atoms with van der Waals surface area (Å²) in [5, 5.41) is 0. The van der Waals surface area contributed by atoms with Gasteiger partial charge in [-0.15, -0.1) is 0 Å². The van der Waals surface area contributed by atoms with Gasteiger partial charge in [0, 0.05) is 17.0 Å². The van der Waals surface area contributed by atoms with Crippen LogP contribution in [0, 0.1) is 11.3 Å². The summed E-state index contributed by atoms with van der Waals surface area (Å²) in [5.41, 5.74) is 11.0. The first-order valence-corrected chi connectivity index (χ1v) is 7.29. The number of aromatic nitrogens is 2. The Bertz CT molecular complexity index is 676. The minimum absolute atomic E-state index is 0.363. The van der Waals surface area contributed by atoms with Crippen molar-refractivity contribution in [2.75, 3.05) is 5.73 Å². The number of anilines is 1. The quantitative estimate of drug-likeness (QED) is 0.859. The average Bonchev–Trinajstić information content (AvgIpc) is 2.46. The molecule has 3 nitrogen and oxygen atoms in total. The molecule has 0 radical (unpaired) electrons. The molecule has 3 heteroatoms. The van der Waals surface area contributed by atoms with Crippen molar-refractivity contribution in [3.63, 3.8) is 0 Å². The molecule has 3 aliphatic rings. The summed E-state index contributed by atoms with van der Waals surface area (Å²) in [5.74, 6) is 1.71. The lowest BCUT2D eigenvalue weighted by atomic mass is 9.48. The molecule has 2 bridgehead atoms. The standard InChI is InChI=1S/C17H19N3/c1-17(2)11-8-12-14(10-6-4-3-5-7-10)19-16(18)20-15(12)13(17)9-11/h3-7,11,13H,8-9H2,1-2H3,(H2,18,19,20). The Morgan fingerprint density at radius 3 is 2.60 bits per heavy atom. The molecule has 5 rings (SSSR count). The summed E-state index contributed by atoms with van der Waals surface area (Å²) in [7, 11) is 0. The largest absolute Gasteiger partial charge is 0.368 e. The first-order valence-electron chi connectivity index (χ1n) is 7.29. The second-order valence-corrected chi connectivity index (χ2v) is 6.67. The van der Waals surface area contributed by atoms with Crippen LogP contribution in [-0.4, -0.2) is 9.97 Å². The molecule has 0 amide bonds. The molecular weight excluding hydrogens is 246 g/mol. The van der Waals surface area contributed by atoms with E-state index in [9.17, 15) is 0 Å². The van der Waals surface area contributed by atoms with E-state index in [-0.39, 0.29) is 0 Å². The molecule has 2 aromatic rings. The second-order valence-electron chi connectivity index (χ2n) is 6.67. The van der Waals surface area contributed by atoms with E-state index in [0.717, 1.165) is 23.6 Å². The summed E-state index contributed by atoms with van der Waals surface area (Å²) in [6.45, 7) is 4.71. The van der Waals surface area contributed by atoms with Gasteiger partial charge in [0.15, 0.2) is 0 Å². The SMILES string of the molecule is CC1(C)C2Cc3c(-c4ccccc4)nc(N)nc3C1C2. The van der Waals surface area contributed by atoms with Gasteiger partial charge in [-0.05, 0) is 24.2 Å². The maximum absolute atomic E-state index is 5.97. The molecule has 102 valence electrons. The fourth-order valence-electron chi connectivity index (χ4n) is 3.92. The third kappa shape index (κ3) is 1.46. The molecule has 1 heterocycles. The van der Waals surface area contributed by atoms with Gasteiger partial charge in [0.05, 0.1) is 11.4 Å². The molecule has 0 saturated heterocycles. The maximum atomic E-state index is 5.97. The number of nitrogen functional groups attached to an aromatic ring is 1. The highest BCUT2D eigenvalue weighted by molar-refractivity contribution is 5.66. The van der Waals surface area contributed by atoms with Crippen LogP contribution in [-0.2, 0) is 6.42 Å². The summed E-state index contributed by atoms with van der Waals surface area (Å²) in [6, 6.07) is 10.3. The van der Waals surface area contributed by atoms with E-state index in [1.54, 1.807) is 0 Å². The minimum Gasteiger partial charge on any atom is -0.368 e. The Balaban J connectivity index is 1.92. The number of nitrogens with two attached hydrogens (primary N) is 1. The lowest BCUT2D eigenvalue weighted by Crippen LogP contribution is -2.48. The van der Waals surface area contributed by atoms with Crippen molar-refractivity contribution >= 4 is 5.95 Å². The van der Waals surface area contributed by atoms with Crippen LogP contribution in [0.4, 0.5) is 5.95 Å². The van der Waals surface area contributed by atoms with Crippen molar-refractivity contribution in [1.29, 1.82) is 0 Å². The highest BCUT2D eigenvalue weighted by atomic mass is 15.0. The normalized spacial score (nSPS) is 25.7. The summed E-state index contributed by atoms with van der Waals surface area (Å²) in [6.07, 6.45) is 2.34. The molecule has 1 aromatic heterocycles. The van der Waals surface area contributed by atoms with Gasteiger partial charge in [0.1, 0.15) is 0 Å². The van der Waals surface area contributed by atoms with Gasteiger partial charge < -0.3 is 5.73 Å². The van der Waals surface area contributed by atoms with E-state index >= 15 is 0 Å². The lowest BCUT2D eigenvalue weighted by Gasteiger charge is -2.56. The number of hydrogen-bond acceptors (Lipinski definition) is 3. The Hall–Kier alpha value is -1.90. The predicted molar refractivity (Wildman–Crippen MR) is 80.2 cm³/mol. The van der Waals surface area contributed by atoms with Crippen LogP contribution < -0.4 is 5.73 Å². The molecule has 1 aromatic carbocycles. The molecule has 3 aliphatic carbocycles. The maximum Gasteiger partial charge on any atom is 0.220 e. The van der Waals surface area contributed by atoms with Crippen LogP contribution in [0.5, 0.6) is 0 Å². The van der Waals surface area contributed by atoms with Gasteiger partial charge in [-0.2, -0.15) is 0 Å². The number of nitrogens with zero attached hydrogens (tertiary/aromatic N) is 2. The molecule has 1 saturated carbocycles. The summed E-state index contributed by atoms with van der Waals surface area (Å²) in [4.78, 5) is 9.11. The van der Waals surface area contributed by atoms with Crippen LogP contribution in [0.3, 0.4) is 0 Å². The molecule has 1 fully saturated rings.